The Morgan fingerprint density at radius 1 is 0.911 bits per heavy atom. The fourth-order valence-electron chi connectivity index (χ4n) is 5.54. The number of anilines is 2. The molecular weight excluding hydrogens is 564 g/mol. The molecule has 8 nitrogen and oxygen atoms in total. The Kier molecular flexibility index (Phi) is 16.8. The van der Waals surface area contributed by atoms with Crippen molar-refractivity contribution in [3.05, 3.63) is 71.6 Å². The average molecular weight is 621 g/mol. The molecular formula is C37H56N4O4. The summed E-state index contributed by atoms with van der Waals surface area (Å²) in [6.45, 7) is 13.1. The van der Waals surface area contributed by atoms with Crippen molar-refractivity contribution in [2.45, 2.75) is 118 Å². The second-order valence-corrected chi connectivity index (χ2v) is 11.7. The van der Waals surface area contributed by atoms with Gasteiger partial charge in [0.1, 0.15) is 11.9 Å². The van der Waals surface area contributed by atoms with Gasteiger partial charge in [0.2, 0.25) is 11.8 Å². The molecule has 0 bridgehead atoms. The number of allylic oxidation sites excluding steroid dienone is 1. The number of aryl methyl sites for hydroxylation is 1. The van der Waals surface area contributed by atoms with E-state index in [2.05, 4.69) is 61.9 Å². The third kappa shape index (κ3) is 12.2. The van der Waals surface area contributed by atoms with Crippen LogP contribution in [-0.4, -0.2) is 46.4 Å². The zero-order valence-corrected chi connectivity index (χ0v) is 28.3. The molecule has 2 aromatic rings. The maximum Gasteiger partial charge on any atom is 0.306 e. The van der Waals surface area contributed by atoms with Crippen molar-refractivity contribution >= 4 is 29.2 Å². The van der Waals surface area contributed by atoms with E-state index >= 15 is 0 Å². The molecule has 1 saturated heterocycles. The molecule has 1 aliphatic heterocycles. The molecule has 1 aliphatic carbocycles. The molecule has 8 heteroatoms. The number of carbonyl (C=O) groups is 3. The minimum absolute atomic E-state index is 0.0164. The highest BCUT2D eigenvalue weighted by Gasteiger charge is 2.35. The molecule has 2 aliphatic rings. The number of aliphatic carboxylic acids is 1. The fraction of sp³-hybridized carbons (Fsp3) is 0.541. The summed E-state index contributed by atoms with van der Waals surface area (Å²) in [7, 11) is 0. The first kappa shape index (κ1) is 37.4. The van der Waals surface area contributed by atoms with Crippen molar-refractivity contribution < 1.29 is 19.5 Å². The summed E-state index contributed by atoms with van der Waals surface area (Å²) in [5.74, 6) is -0.312. The van der Waals surface area contributed by atoms with Crippen molar-refractivity contribution in [1.82, 2.24) is 10.2 Å². The van der Waals surface area contributed by atoms with E-state index in [1.54, 1.807) is 4.90 Å². The second-order valence-electron chi connectivity index (χ2n) is 11.7. The first-order chi connectivity index (χ1) is 21.7. The Bertz CT molecular complexity index is 1220. The van der Waals surface area contributed by atoms with Crippen LogP contribution in [0.5, 0.6) is 0 Å². The number of unbranched alkanes of at least 4 members (excludes halogenated alkanes) is 1. The summed E-state index contributed by atoms with van der Waals surface area (Å²) >= 11 is 0. The Balaban J connectivity index is 0.00000133. The molecule has 4 rings (SSSR count). The molecule has 0 aromatic heterocycles. The molecule has 1 heterocycles. The summed E-state index contributed by atoms with van der Waals surface area (Å²) in [4.78, 5) is 39.1. The van der Waals surface area contributed by atoms with Crippen molar-refractivity contribution in [3.63, 3.8) is 0 Å². The van der Waals surface area contributed by atoms with E-state index in [4.69, 9.17) is 0 Å². The van der Waals surface area contributed by atoms with Gasteiger partial charge in [0.15, 0.2) is 0 Å². The van der Waals surface area contributed by atoms with E-state index < -0.39 is 12.0 Å². The lowest BCUT2D eigenvalue weighted by atomic mass is 9.86. The topological polar surface area (TPSA) is 111 Å². The number of carbonyl (C=O) groups excluding carboxylic acids is 2. The zero-order chi connectivity index (χ0) is 33.2. The van der Waals surface area contributed by atoms with E-state index in [0.29, 0.717) is 38.6 Å². The third-order valence-corrected chi connectivity index (χ3v) is 7.94. The molecule has 4 N–H and O–H groups in total. The van der Waals surface area contributed by atoms with Crippen LogP contribution < -0.4 is 16.0 Å². The van der Waals surface area contributed by atoms with Crippen LogP contribution in [0.3, 0.4) is 0 Å². The summed E-state index contributed by atoms with van der Waals surface area (Å²) in [5.41, 5.74) is 4.05. The molecule has 45 heavy (non-hydrogen) atoms. The van der Waals surface area contributed by atoms with Crippen molar-refractivity contribution in [1.29, 1.82) is 0 Å². The van der Waals surface area contributed by atoms with Gasteiger partial charge in [-0.25, -0.2) is 0 Å². The van der Waals surface area contributed by atoms with Gasteiger partial charge in [-0.2, -0.15) is 0 Å². The van der Waals surface area contributed by atoms with Crippen LogP contribution in [-0.2, 0) is 20.8 Å². The maximum atomic E-state index is 13.2. The Hall–Kier alpha value is -3.81. The largest absolute Gasteiger partial charge is 0.481 e. The quantitative estimate of drug-likeness (QED) is 0.203. The molecule has 248 valence electrons. The first-order valence-corrected chi connectivity index (χ1v) is 17.0. The van der Waals surface area contributed by atoms with Crippen LogP contribution in [0.15, 0.2) is 60.4 Å². The fourth-order valence-corrected chi connectivity index (χ4v) is 5.54. The average Bonchev–Trinajstić information content (AvgIpc) is 3.54. The maximum absolute atomic E-state index is 13.2. The lowest BCUT2D eigenvalue weighted by Gasteiger charge is -2.30. The lowest BCUT2D eigenvalue weighted by Crippen LogP contribution is -2.50. The number of carboxylic acids is 1. The number of hydrogen-bond donors (Lipinski definition) is 4. The number of nitrogens with zero attached hydrogens (tertiary/aromatic N) is 1. The molecule has 1 unspecified atom stereocenters. The molecule has 2 aromatic carbocycles. The van der Waals surface area contributed by atoms with E-state index in [0.717, 1.165) is 42.0 Å². The molecule has 2 amide bonds. The Labute approximate surface area is 271 Å². The number of nitrogens with one attached hydrogen (secondary N) is 3. The minimum atomic E-state index is -0.756. The SMILES string of the molecule is CC.CCC.CCC/C=C(/Nc1ccc(CC(=O)N2CCCC2C(=O)NC2CCC(C(=O)O)CC2)cc1)Nc1ccccc1C. The van der Waals surface area contributed by atoms with Crippen molar-refractivity contribution in [2.75, 3.05) is 17.2 Å². The molecule has 2 fully saturated rings. The van der Waals surface area contributed by atoms with E-state index in [1.165, 1.54) is 12.0 Å². The Morgan fingerprint density at radius 2 is 1.56 bits per heavy atom. The summed E-state index contributed by atoms with van der Waals surface area (Å²) in [6.07, 6.45) is 9.59. The lowest BCUT2D eigenvalue weighted by molar-refractivity contribution is -0.143. The number of benzene rings is 2. The highest BCUT2D eigenvalue weighted by molar-refractivity contribution is 5.89. The number of amides is 2. The number of likely N-dealkylation sites (tertiary alicyclic amines) is 1. The smallest absolute Gasteiger partial charge is 0.306 e. The molecule has 0 spiro atoms. The standard InChI is InChI=1S/C32H42N4O4.C3H8.C2H6/c1-3-4-11-29(35-27-9-6-5-8-22(27)2)33-25-16-12-23(13-17-25)21-30(37)36-20-7-10-28(36)31(38)34-26-18-14-24(15-19-26)32(39)40;1-3-2;1-2/h5-6,8-9,11-13,16-17,24,26,28,33,35H,3-4,7,10,14-15,18-21H2,1-2H3,(H,34,38)(H,39,40);3H2,1-2H3;1-2H3/b29-11-;;. The van der Waals surface area contributed by atoms with Gasteiger partial charge in [-0.1, -0.05) is 77.8 Å². The minimum Gasteiger partial charge on any atom is -0.481 e. The highest BCUT2D eigenvalue weighted by Crippen LogP contribution is 2.26. The predicted octanol–water partition coefficient (Wildman–Crippen LogP) is 7.90. The van der Waals surface area contributed by atoms with Crippen LogP contribution in [0.25, 0.3) is 0 Å². The first-order valence-electron chi connectivity index (χ1n) is 17.0. The summed E-state index contributed by atoms with van der Waals surface area (Å²) in [5, 5.41) is 19.2. The predicted molar refractivity (Wildman–Crippen MR) is 185 cm³/mol. The second kappa shape index (κ2) is 20.3. The Morgan fingerprint density at radius 3 is 2.16 bits per heavy atom. The van der Waals surface area contributed by atoms with Gasteiger partial charge in [0, 0.05) is 24.0 Å². The van der Waals surface area contributed by atoms with Crippen LogP contribution in [0.2, 0.25) is 0 Å². The van der Waals surface area contributed by atoms with Crippen LogP contribution >= 0.6 is 0 Å². The number of para-hydroxylation sites is 1. The van der Waals surface area contributed by atoms with Gasteiger partial charge in [-0.15, -0.1) is 0 Å². The van der Waals surface area contributed by atoms with Gasteiger partial charge >= 0.3 is 5.97 Å². The van der Waals surface area contributed by atoms with Gasteiger partial charge in [-0.3, -0.25) is 14.4 Å². The number of carboxylic acid groups (broad SMARTS) is 1. The van der Waals surface area contributed by atoms with E-state index in [9.17, 15) is 19.5 Å². The van der Waals surface area contributed by atoms with Crippen LogP contribution in [0.4, 0.5) is 11.4 Å². The van der Waals surface area contributed by atoms with E-state index in [1.807, 2.05) is 50.2 Å². The number of hydrogen-bond acceptors (Lipinski definition) is 5. The van der Waals surface area contributed by atoms with Gasteiger partial charge in [-0.05, 0) is 87.3 Å². The number of rotatable bonds is 11. The van der Waals surface area contributed by atoms with Gasteiger partial charge in [0.05, 0.1) is 12.3 Å². The van der Waals surface area contributed by atoms with E-state index in [-0.39, 0.29) is 30.2 Å². The van der Waals surface area contributed by atoms with Gasteiger partial charge < -0.3 is 26.0 Å². The zero-order valence-electron chi connectivity index (χ0n) is 28.3. The van der Waals surface area contributed by atoms with Crippen molar-refractivity contribution in [2.24, 2.45) is 5.92 Å². The highest BCUT2D eigenvalue weighted by atomic mass is 16.4. The molecule has 0 radical (unpaired) electrons. The monoisotopic (exact) mass is 620 g/mol. The summed E-state index contributed by atoms with van der Waals surface area (Å²) < 4.78 is 0. The summed E-state index contributed by atoms with van der Waals surface area (Å²) in [6, 6.07) is 15.6. The molecule has 1 atom stereocenters. The van der Waals surface area contributed by atoms with Crippen LogP contribution in [0, 0.1) is 12.8 Å². The molecule has 1 saturated carbocycles. The normalized spacial score (nSPS) is 19.3. The van der Waals surface area contributed by atoms with Crippen LogP contribution in [0.1, 0.15) is 104 Å². The third-order valence-electron chi connectivity index (χ3n) is 7.94. The van der Waals surface area contributed by atoms with Crippen molar-refractivity contribution in [3.8, 4) is 0 Å². The van der Waals surface area contributed by atoms with Gasteiger partial charge in [0.25, 0.3) is 0 Å².